The van der Waals surface area contributed by atoms with Crippen LogP contribution in [0.2, 0.25) is 0 Å². The van der Waals surface area contributed by atoms with E-state index >= 15 is 0 Å². The lowest BCUT2D eigenvalue weighted by atomic mass is 9.92. The summed E-state index contributed by atoms with van der Waals surface area (Å²) >= 11 is 0. The summed E-state index contributed by atoms with van der Waals surface area (Å²) in [6.07, 6.45) is 5.60. The van der Waals surface area contributed by atoms with Crippen LogP contribution in [0.4, 0.5) is 5.82 Å². The summed E-state index contributed by atoms with van der Waals surface area (Å²) < 4.78 is 21.4. The van der Waals surface area contributed by atoms with Gasteiger partial charge in [0.05, 0.1) is 23.0 Å². The van der Waals surface area contributed by atoms with Crippen molar-refractivity contribution in [2.24, 2.45) is 0 Å². The molecular formula is C39H49N3O5. The number of aryl methyl sites for hydroxylation is 2. The minimum Gasteiger partial charge on any atom is -0.490 e. The summed E-state index contributed by atoms with van der Waals surface area (Å²) in [7, 11) is 0. The third kappa shape index (κ3) is 7.19. The molecule has 8 heteroatoms. The number of hydrogen-bond donors (Lipinski definition) is 1. The van der Waals surface area contributed by atoms with Crippen LogP contribution in [0.15, 0.2) is 54.7 Å². The van der Waals surface area contributed by atoms with Gasteiger partial charge in [0.1, 0.15) is 17.2 Å². The van der Waals surface area contributed by atoms with E-state index in [2.05, 4.69) is 72.5 Å². The molecule has 250 valence electrons. The monoisotopic (exact) mass is 639 g/mol. The topological polar surface area (TPSA) is 85.5 Å². The first kappa shape index (κ1) is 33.0. The van der Waals surface area contributed by atoms with Crippen molar-refractivity contribution in [1.82, 2.24) is 9.38 Å². The first-order valence-electron chi connectivity index (χ1n) is 17.0. The molecule has 0 radical (unpaired) electrons. The fourth-order valence-corrected chi connectivity index (χ4v) is 6.90. The zero-order chi connectivity index (χ0) is 33.5. The number of nitrogens with zero attached hydrogens (tertiary/aromatic N) is 3. The van der Waals surface area contributed by atoms with Crippen LogP contribution in [0.25, 0.3) is 28.0 Å². The number of carbonyl (C=O) groups is 1. The van der Waals surface area contributed by atoms with Crippen LogP contribution in [0.5, 0.6) is 5.75 Å². The zero-order valence-electron chi connectivity index (χ0n) is 28.9. The summed E-state index contributed by atoms with van der Waals surface area (Å²) in [5.41, 5.74) is 6.45. The number of benzene rings is 2. The average molecular weight is 640 g/mol. The Morgan fingerprint density at radius 2 is 1.81 bits per heavy atom. The smallest absolute Gasteiger partial charge is 0.337 e. The Hall–Kier alpha value is -3.88. The summed E-state index contributed by atoms with van der Waals surface area (Å²) in [5, 5.41) is 10.5. The fourth-order valence-electron chi connectivity index (χ4n) is 6.90. The molecule has 4 aromatic rings. The van der Waals surface area contributed by atoms with Crippen molar-refractivity contribution >= 4 is 17.4 Å². The number of fused-ring (bicyclic) bond motifs is 8. The number of rotatable bonds is 3. The van der Waals surface area contributed by atoms with Crippen LogP contribution in [-0.2, 0) is 14.3 Å². The van der Waals surface area contributed by atoms with Gasteiger partial charge in [0.25, 0.3) is 0 Å². The Kier molecular flexibility index (Phi) is 9.11. The molecule has 0 saturated carbocycles. The van der Waals surface area contributed by atoms with Gasteiger partial charge in [-0.25, -0.2) is 9.78 Å². The van der Waals surface area contributed by atoms with Crippen LogP contribution in [0.3, 0.4) is 0 Å². The van der Waals surface area contributed by atoms with E-state index in [1.807, 2.05) is 40.0 Å². The molecule has 0 spiro atoms. The molecule has 1 saturated heterocycles. The molecule has 8 nitrogen and oxygen atoms in total. The Bertz CT molecular complexity index is 1760. The molecule has 3 aliphatic rings. The predicted octanol–water partition coefficient (Wildman–Crippen LogP) is 8.55. The van der Waals surface area contributed by atoms with Gasteiger partial charge >= 0.3 is 5.97 Å². The van der Waals surface area contributed by atoms with Gasteiger partial charge in [0, 0.05) is 42.6 Å². The van der Waals surface area contributed by atoms with E-state index < -0.39 is 17.7 Å². The first-order chi connectivity index (χ1) is 22.3. The Morgan fingerprint density at radius 3 is 2.53 bits per heavy atom. The summed E-state index contributed by atoms with van der Waals surface area (Å²) in [4.78, 5) is 20.3. The van der Waals surface area contributed by atoms with E-state index in [0.717, 1.165) is 90.4 Å². The highest BCUT2D eigenvalue weighted by Crippen LogP contribution is 2.40. The first-order valence-corrected chi connectivity index (χ1v) is 17.0. The van der Waals surface area contributed by atoms with Crippen molar-refractivity contribution in [1.29, 1.82) is 0 Å². The number of aliphatic carboxylic acids is 1. The van der Waals surface area contributed by atoms with Crippen molar-refractivity contribution in [2.45, 2.75) is 104 Å². The van der Waals surface area contributed by atoms with Crippen LogP contribution in [0.1, 0.15) is 89.5 Å². The second kappa shape index (κ2) is 13.0. The van der Waals surface area contributed by atoms with Gasteiger partial charge < -0.3 is 24.2 Å². The predicted molar refractivity (Wildman–Crippen MR) is 186 cm³/mol. The highest BCUT2D eigenvalue weighted by molar-refractivity contribution is 5.80. The Labute approximate surface area is 278 Å². The van der Waals surface area contributed by atoms with Gasteiger partial charge in [-0.15, -0.1) is 0 Å². The lowest BCUT2D eigenvalue weighted by molar-refractivity contribution is -0.160. The SMILES string of the molecule is Cc1ccc2c(c1)-c1cccc(c1)-c1cn3c(c([C@H](OC(C)(C)C)C(=O)O)c(C)cc3n1)N1CCC(C)(CC1)OCCCC[C@@H](C)O2. The van der Waals surface area contributed by atoms with E-state index in [4.69, 9.17) is 19.2 Å². The lowest BCUT2D eigenvalue weighted by Crippen LogP contribution is -2.45. The third-order valence-electron chi connectivity index (χ3n) is 9.44. The van der Waals surface area contributed by atoms with Crippen LogP contribution >= 0.6 is 0 Å². The number of carboxylic acids is 1. The van der Waals surface area contributed by atoms with Crippen molar-refractivity contribution in [3.8, 4) is 28.1 Å². The molecule has 2 atom stereocenters. The van der Waals surface area contributed by atoms with Gasteiger partial charge in [0.15, 0.2) is 6.10 Å². The summed E-state index contributed by atoms with van der Waals surface area (Å²) in [6, 6.07) is 16.8. The number of piperidine rings is 1. The quantitative estimate of drug-likeness (QED) is 0.240. The normalized spacial score (nSPS) is 21.3. The minimum absolute atomic E-state index is 0.0789. The van der Waals surface area contributed by atoms with Crippen LogP contribution in [0, 0.1) is 13.8 Å². The molecule has 0 unspecified atom stereocenters. The number of hydrogen-bond acceptors (Lipinski definition) is 6. The molecule has 7 rings (SSSR count). The maximum atomic E-state index is 12.9. The van der Waals surface area contributed by atoms with Gasteiger partial charge in [-0.1, -0.05) is 29.8 Å². The number of anilines is 1. The molecule has 0 amide bonds. The zero-order valence-corrected chi connectivity index (χ0v) is 28.9. The van der Waals surface area contributed by atoms with E-state index in [9.17, 15) is 9.90 Å². The highest BCUT2D eigenvalue weighted by Gasteiger charge is 2.37. The van der Waals surface area contributed by atoms with E-state index in [-0.39, 0.29) is 11.7 Å². The molecular weight excluding hydrogens is 590 g/mol. The molecule has 47 heavy (non-hydrogen) atoms. The van der Waals surface area contributed by atoms with Gasteiger partial charge in [0.2, 0.25) is 0 Å². The molecule has 0 aliphatic carbocycles. The largest absolute Gasteiger partial charge is 0.490 e. The molecule has 5 heterocycles. The Balaban J connectivity index is 1.53. The fraction of sp³-hybridized carbons (Fsp3) is 0.487. The van der Waals surface area contributed by atoms with Crippen molar-refractivity contribution in [3.63, 3.8) is 0 Å². The highest BCUT2D eigenvalue weighted by atomic mass is 16.5. The summed E-state index contributed by atoms with van der Waals surface area (Å²) in [5.74, 6) is 0.694. The van der Waals surface area contributed by atoms with Gasteiger partial charge in [-0.05, 0) is 116 Å². The van der Waals surface area contributed by atoms with E-state index in [1.165, 1.54) is 5.56 Å². The van der Waals surface area contributed by atoms with Crippen LogP contribution in [-0.4, -0.2) is 57.5 Å². The second-order valence-electron chi connectivity index (χ2n) is 14.7. The maximum Gasteiger partial charge on any atom is 0.337 e. The van der Waals surface area contributed by atoms with Crippen molar-refractivity contribution in [2.75, 3.05) is 24.6 Å². The molecule has 6 bridgehead atoms. The molecule has 3 aliphatic heterocycles. The standard InChI is InChI=1S/C39H49N3O5/c1-25-14-15-32-30(21-25)28-12-10-13-29(23-28)31-24-42-33(40-31)22-26(2)34(35(37(43)44)47-38(4,5)6)36(42)41-18-16-39(7,17-19-41)45-20-9-8-11-27(3)46-32/h10,12-15,21-24,27,35H,8-9,11,16-20H2,1-7H3,(H,43,44)/t27-,35+/m1/s1. The van der Waals surface area contributed by atoms with Crippen molar-refractivity contribution < 1.29 is 24.1 Å². The average Bonchev–Trinajstić information content (AvgIpc) is 3.43. The number of imidazole rings is 1. The molecule has 1 N–H and O–H groups in total. The number of carboxylic acid groups (broad SMARTS) is 1. The van der Waals surface area contributed by atoms with Crippen molar-refractivity contribution in [3.05, 3.63) is 71.4 Å². The Morgan fingerprint density at radius 1 is 1.06 bits per heavy atom. The molecule has 2 aromatic carbocycles. The number of ether oxygens (including phenoxy) is 3. The minimum atomic E-state index is -1.14. The molecule has 2 aromatic heterocycles. The summed E-state index contributed by atoms with van der Waals surface area (Å²) in [6.45, 7) is 16.3. The number of pyridine rings is 1. The number of aromatic nitrogens is 2. The second-order valence-corrected chi connectivity index (χ2v) is 14.7. The van der Waals surface area contributed by atoms with Crippen LogP contribution < -0.4 is 9.64 Å². The molecule has 1 fully saturated rings. The van der Waals surface area contributed by atoms with Gasteiger partial charge in [-0.2, -0.15) is 0 Å². The lowest BCUT2D eigenvalue weighted by Gasteiger charge is -2.41. The third-order valence-corrected chi connectivity index (χ3v) is 9.44. The van der Waals surface area contributed by atoms with E-state index in [1.54, 1.807) is 0 Å². The van der Waals surface area contributed by atoms with Gasteiger partial charge in [-0.3, -0.25) is 4.40 Å². The van der Waals surface area contributed by atoms with E-state index in [0.29, 0.717) is 12.2 Å². The maximum absolute atomic E-state index is 12.9.